The standard InChI is InChI=1S/C13H19N5O2/c1-10-4-3-5-14-11(10)15-12(19)13(20)16-18-8-6-17(2)7-9-18/h3-5H,6-9H2,1-2H3,(H,16,20)(H,14,15,19). The largest absolute Gasteiger partial charge is 0.323 e. The van der Waals surface area contributed by atoms with Crippen molar-refractivity contribution >= 4 is 17.6 Å². The Morgan fingerprint density at radius 2 is 1.90 bits per heavy atom. The van der Waals surface area contributed by atoms with E-state index in [-0.39, 0.29) is 0 Å². The van der Waals surface area contributed by atoms with Crippen molar-refractivity contribution in [2.75, 3.05) is 38.5 Å². The van der Waals surface area contributed by atoms with Crippen molar-refractivity contribution in [3.05, 3.63) is 23.9 Å². The molecule has 0 saturated carbocycles. The van der Waals surface area contributed by atoms with Crippen molar-refractivity contribution < 1.29 is 9.59 Å². The van der Waals surface area contributed by atoms with Gasteiger partial charge in [-0.3, -0.25) is 15.0 Å². The molecule has 1 aliphatic rings. The molecule has 0 aromatic carbocycles. The molecular formula is C13H19N5O2. The maximum absolute atomic E-state index is 11.8. The summed E-state index contributed by atoms with van der Waals surface area (Å²) in [4.78, 5) is 29.8. The summed E-state index contributed by atoms with van der Waals surface area (Å²) in [5.41, 5.74) is 3.42. The molecule has 1 aromatic rings. The zero-order chi connectivity index (χ0) is 14.5. The second-order valence-electron chi connectivity index (χ2n) is 4.85. The number of carbonyl (C=O) groups is 2. The summed E-state index contributed by atoms with van der Waals surface area (Å²) in [6, 6.07) is 3.59. The number of hydrazine groups is 1. The second-order valence-corrected chi connectivity index (χ2v) is 4.85. The van der Waals surface area contributed by atoms with Gasteiger partial charge in [0.15, 0.2) is 0 Å². The van der Waals surface area contributed by atoms with Gasteiger partial charge in [-0.2, -0.15) is 0 Å². The number of amides is 2. The fourth-order valence-corrected chi connectivity index (χ4v) is 1.89. The number of nitrogens with zero attached hydrogens (tertiary/aromatic N) is 3. The normalized spacial score (nSPS) is 16.7. The monoisotopic (exact) mass is 277 g/mol. The first-order chi connectivity index (χ1) is 9.56. The molecular weight excluding hydrogens is 258 g/mol. The van der Waals surface area contributed by atoms with Crippen LogP contribution in [0.1, 0.15) is 5.56 Å². The van der Waals surface area contributed by atoms with E-state index in [0.717, 1.165) is 18.7 Å². The molecule has 1 aliphatic heterocycles. The highest BCUT2D eigenvalue weighted by molar-refractivity contribution is 6.39. The van der Waals surface area contributed by atoms with Crippen LogP contribution in [-0.2, 0) is 9.59 Å². The first-order valence-electron chi connectivity index (χ1n) is 6.53. The second kappa shape index (κ2) is 6.44. The predicted molar refractivity (Wildman–Crippen MR) is 74.8 cm³/mol. The zero-order valence-corrected chi connectivity index (χ0v) is 11.7. The summed E-state index contributed by atoms with van der Waals surface area (Å²) in [7, 11) is 2.02. The number of anilines is 1. The highest BCUT2D eigenvalue weighted by Gasteiger charge is 2.20. The lowest BCUT2D eigenvalue weighted by Crippen LogP contribution is -2.54. The highest BCUT2D eigenvalue weighted by Crippen LogP contribution is 2.08. The Balaban J connectivity index is 1.86. The molecule has 0 unspecified atom stereocenters. The van der Waals surface area contributed by atoms with Gasteiger partial charge in [-0.25, -0.2) is 9.99 Å². The van der Waals surface area contributed by atoms with E-state index in [0.29, 0.717) is 18.9 Å². The number of rotatable bonds is 2. The van der Waals surface area contributed by atoms with Crippen molar-refractivity contribution in [3.8, 4) is 0 Å². The minimum atomic E-state index is -0.703. The van der Waals surface area contributed by atoms with E-state index >= 15 is 0 Å². The highest BCUT2D eigenvalue weighted by atomic mass is 16.2. The van der Waals surface area contributed by atoms with Crippen LogP contribution in [-0.4, -0.2) is 59.9 Å². The van der Waals surface area contributed by atoms with Crippen molar-refractivity contribution in [1.82, 2.24) is 20.3 Å². The molecule has 2 N–H and O–H groups in total. The Bertz CT molecular complexity index is 497. The third kappa shape index (κ3) is 3.75. The quantitative estimate of drug-likeness (QED) is 0.720. The number of aryl methyl sites for hydroxylation is 1. The Hall–Kier alpha value is -1.99. The molecule has 1 saturated heterocycles. The van der Waals surface area contributed by atoms with Crippen LogP contribution in [0.5, 0.6) is 0 Å². The third-order valence-electron chi connectivity index (χ3n) is 3.21. The molecule has 2 rings (SSSR count). The Labute approximate surface area is 117 Å². The summed E-state index contributed by atoms with van der Waals surface area (Å²) in [5.74, 6) is -0.962. The van der Waals surface area contributed by atoms with E-state index < -0.39 is 11.8 Å². The maximum atomic E-state index is 11.8. The van der Waals surface area contributed by atoms with E-state index in [1.165, 1.54) is 0 Å². The topological polar surface area (TPSA) is 77.6 Å². The third-order valence-corrected chi connectivity index (χ3v) is 3.21. The van der Waals surface area contributed by atoms with Crippen molar-refractivity contribution in [2.24, 2.45) is 0 Å². The molecule has 0 bridgehead atoms. The number of likely N-dealkylation sites (N-methyl/N-ethyl adjacent to an activating group) is 1. The molecule has 2 amide bonds. The molecule has 20 heavy (non-hydrogen) atoms. The van der Waals surface area contributed by atoms with Crippen LogP contribution in [0.25, 0.3) is 0 Å². The molecule has 2 heterocycles. The molecule has 1 aromatic heterocycles. The summed E-state index contributed by atoms with van der Waals surface area (Å²) in [6.07, 6.45) is 1.57. The van der Waals surface area contributed by atoms with Crippen LogP contribution >= 0.6 is 0 Å². The van der Waals surface area contributed by atoms with E-state index in [2.05, 4.69) is 20.6 Å². The van der Waals surface area contributed by atoms with Gasteiger partial charge in [0.05, 0.1) is 0 Å². The number of piperazine rings is 1. The van der Waals surface area contributed by atoms with E-state index in [1.807, 2.05) is 20.0 Å². The molecule has 108 valence electrons. The lowest BCUT2D eigenvalue weighted by atomic mass is 10.3. The fourth-order valence-electron chi connectivity index (χ4n) is 1.89. The van der Waals surface area contributed by atoms with Crippen LogP contribution in [0.2, 0.25) is 0 Å². The van der Waals surface area contributed by atoms with Crippen LogP contribution < -0.4 is 10.7 Å². The minimum Gasteiger partial charge on any atom is -0.304 e. The van der Waals surface area contributed by atoms with Gasteiger partial charge in [-0.05, 0) is 25.6 Å². The van der Waals surface area contributed by atoms with Gasteiger partial charge in [0, 0.05) is 32.4 Å². The number of hydrogen-bond donors (Lipinski definition) is 2. The van der Waals surface area contributed by atoms with Gasteiger partial charge in [0.2, 0.25) is 0 Å². The smallest absolute Gasteiger partial charge is 0.304 e. The SMILES string of the molecule is Cc1cccnc1NC(=O)C(=O)NN1CCN(C)CC1. The van der Waals surface area contributed by atoms with Crippen LogP contribution in [0.3, 0.4) is 0 Å². The predicted octanol–water partition coefficient (Wildman–Crippen LogP) is -0.393. The van der Waals surface area contributed by atoms with E-state index in [9.17, 15) is 9.59 Å². The summed E-state index contributed by atoms with van der Waals surface area (Å²) >= 11 is 0. The molecule has 7 nitrogen and oxygen atoms in total. The number of carbonyl (C=O) groups excluding carboxylic acids is 2. The summed E-state index contributed by atoms with van der Waals surface area (Å²) < 4.78 is 0. The average molecular weight is 277 g/mol. The average Bonchev–Trinajstić information content (AvgIpc) is 2.44. The lowest BCUT2D eigenvalue weighted by molar-refractivity contribution is -0.139. The first kappa shape index (κ1) is 14.4. The molecule has 0 atom stereocenters. The Kier molecular flexibility index (Phi) is 4.65. The van der Waals surface area contributed by atoms with Crippen molar-refractivity contribution in [3.63, 3.8) is 0 Å². The lowest BCUT2D eigenvalue weighted by Gasteiger charge is -2.32. The maximum Gasteiger partial charge on any atom is 0.323 e. The molecule has 7 heteroatoms. The van der Waals surface area contributed by atoms with Crippen molar-refractivity contribution in [2.45, 2.75) is 6.92 Å². The van der Waals surface area contributed by atoms with Crippen LogP contribution in [0.4, 0.5) is 5.82 Å². The summed E-state index contributed by atoms with van der Waals surface area (Å²) in [5, 5.41) is 4.27. The molecule has 0 aliphatic carbocycles. The zero-order valence-electron chi connectivity index (χ0n) is 11.7. The van der Waals surface area contributed by atoms with E-state index in [4.69, 9.17) is 0 Å². The molecule has 1 fully saturated rings. The minimum absolute atomic E-state index is 0.408. The van der Waals surface area contributed by atoms with Crippen molar-refractivity contribution in [1.29, 1.82) is 0 Å². The van der Waals surface area contributed by atoms with Crippen LogP contribution in [0.15, 0.2) is 18.3 Å². The van der Waals surface area contributed by atoms with Gasteiger partial charge < -0.3 is 10.2 Å². The number of aromatic nitrogens is 1. The van der Waals surface area contributed by atoms with Gasteiger partial charge >= 0.3 is 11.8 Å². The van der Waals surface area contributed by atoms with Gasteiger partial charge in [-0.1, -0.05) is 6.07 Å². The van der Waals surface area contributed by atoms with Gasteiger partial charge in [0.25, 0.3) is 0 Å². The van der Waals surface area contributed by atoms with Crippen LogP contribution in [0, 0.1) is 6.92 Å². The Morgan fingerprint density at radius 1 is 1.20 bits per heavy atom. The van der Waals surface area contributed by atoms with E-state index in [1.54, 1.807) is 17.3 Å². The van der Waals surface area contributed by atoms with Gasteiger partial charge in [-0.15, -0.1) is 0 Å². The number of nitrogens with one attached hydrogen (secondary N) is 2. The molecule has 0 spiro atoms. The summed E-state index contributed by atoms with van der Waals surface area (Å²) in [6.45, 7) is 4.96. The first-order valence-corrected chi connectivity index (χ1v) is 6.53. The number of pyridine rings is 1. The fraction of sp³-hybridized carbons (Fsp3) is 0.462. The molecule has 0 radical (unpaired) electrons. The Morgan fingerprint density at radius 3 is 2.55 bits per heavy atom. The number of hydrogen-bond acceptors (Lipinski definition) is 5. The van der Waals surface area contributed by atoms with Gasteiger partial charge in [0.1, 0.15) is 5.82 Å².